The Morgan fingerprint density at radius 2 is 1.84 bits per heavy atom. The Kier molecular flexibility index (Phi) is 8.60. The average molecular weight is 461 g/mol. The van der Waals surface area contributed by atoms with Crippen LogP contribution in [0.4, 0.5) is 8.78 Å². The number of guanidine groups is 1. The van der Waals surface area contributed by atoms with E-state index in [0.717, 1.165) is 11.6 Å². The molecule has 2 rings (SSSR count). The molecule has 2 aromatic rings. The molecule has 1 atom stereocenters. The molecule has 0 heterocycles. The lowest BCUT2D eigenvalue weighted by Gasteiger charge is -2.18. The minimum absolute atomic E-state index is 0. The summed E-state index contributed by atoms with van der Waals surface area (Å²) in [6.45, 7) is 4.78. The minimum Gasteiger partial charge on any atom is -0.508 e. The van der Waals surface area contributed by atoms with E-state index in [0.29, 0.717) is 24.6 Å². The van der Waals surface area contributed by atoms with Crippen LogP contribution in [0.25, 0.3) is 0 Å². The Bertz CT molecular complexity index is 708. The van der Waals surface area contributed by atoms with Crippen molar-refractivity contribution in [3.8, 4) is 5.75 Å². The van der Waals surface area contributed by atoms with Gasteiger partial charge in [-0.25, -0.2) is 13.8 Å². The van der Waals surface area contributed by atoms with Crippen molar-refractivity contribution in [3.05, 3.63) is 65.2 Å². The SMILES string of the molecule is CCNC(=NCc1ccc(O)cc1)NC(C)c1ccc(F)cc1F.I. The second kappa shape index (κ2) is 10.2. The Hall–Kier alpha value is -1.90. The summed E-state index contributed by atoms with van der Waals surface area (Å²) in [6, 6.07) is 9.92. The number of aliphatic imine (C=N–C) groups is 1. The summed E-state index contributed by atoms with van der Waals surface area (Å²) in [4.78, 5) is 4.44. The molecule has 2 aromatic carbocycles. The first-order chi connectivity index (χ1) is 11.5. The third kappa shape index (κ3) is 6.49. The maximum absolute atomic E-state index is 13.9. The summed E-state index contributed by atoms with van der Waals surface area (Å²) >= 11 is 0. The van der Waals surface area contributed by atoms with Crippen molar-refractivity contribution >= 4 is 29.9 Å². The van der Waals surface area contributed by atoms with E-state index in [9.17, 15) is 13.9 Å². The summed E-state index contributed by atoms with van der Waals surface area (Å²) in [6.07, 6.45) is 0. The van der Waals surface area contributed by atoms with Crippen LogP contribution in [0.5, 0.6) is 5.75 Å². The molecule has 1 unspecified atom stereocenters. The van der Waals surface area contributed by atoms with E-state index in [4.69, 9.17) is 0 Å². The van der Waals surface area contributed by atoms with E-state index in [-0.39, 0.29) is 35.8 Å². The first kappa shape index (κ1) is 21.1. The van der Waals surface area contributed by atoms with Gasteiger partial charge in [0.05, 0.1) is 12.6 Å². The van der Waals surface area contributed by atoms with E-state index in [1.807, 2.05) is 6.92 Å². The summed E-state index contributed by atoms with van der Waals surface area (Å²) in [5.74, 6) is -0.462. The van der Waals surface area contributed by atoms with Crippen LogP contribution in [0.15, 0.2) is 47.5 Å². The van der Waals surface area contributed by atoms with Crippen molar-refractivity contribution in [2.24, 2.45) is 4.99 Å². The lowest BCUT2D eigenvalue weighted by molar-refractivity contribution is 0.475. The van der Waals surface area contributed by atoms with Crippen LogP contribution in [0.1, 0.15) is 31.0 Å². The molecule has 25 heavy (non-hydrogen) atoms. The summed E-state index contributed by atoms with van der Waals surface area (Å²) in [5, 5.41) is 15.5. The standard InChI is InChI=1S/C18H21F2N3O.HI/c1-3-21-18(22-11-13-4-7-15(24)8-5-13)23-12(2)16-9-6-14(19)10-17(16)20;/h4-10,12,24H,3,11H2,1-2H3,(H2,21,22,23);1H. The zero-order chi connectivity index (χ0) is 17.5. The van der Waals surface area contributed by atoms with Crippen molar-refractivity contribution in [1.82, 2.24) is 10.6 Å². The predicted octanol–water partition coefficient (Wildman–Crippen LogP) is 4.10. The van der Waals surface area contributed by atoms with Crippen LogP contribution in [-0.4, -0.2) is 17.6 Å². The number of rotatable bonds is 5. The van der Waals surface area contributed by atoms with Crippen molar-refractivity contribution in [2.45, 2.75) is 26.4 Å². The number of hydrogen-bond donors (Lipinski definition) is 3. The van der Waals surface area contributed by atoms with Gasteiger partial charge in [-0.15, -0.1) is 24.0 Å². The van der Waals surface area contributed by atoms with Crippen molar-refractivity contribution < 1.29 is 13.9 Å². The fourth-order valence-electron chi connectivity index (χ4n) is 2.23. The number of nitrogens with zero attached hydrogens (tertiary/aromatic N) is 1. The molecule has 0 aliphatic rings. The molecule has 0 fully saturated rings. The highest BCUT2D eigenvalue weighted by molar-refractivity contribution is 14.0. The highest BCUT2D eigenvalue weighted by Crippen LogP contribution is 2.17. The highest BCUT2D eigenvalue weighted by Gasteiger charge is 2.13. The first-order valence-electron chi connectivity index (χ1n) is 7.77. The number of hydrogen-bond acceptors (Lipinski definition) is 2. The van der Waals surface area contributed by atoms with Gasteiger partial charge in [-0.05, 0) is 37.6 Å². The van der Waals surface area contributed by atoms with Crippen molar-refractivity contribution in [2.75, 3.05) is 6.54 Å². The quantitative estimate of drug-likeness (QED) is 0.357. The Labute approximate surface area is 163 Å². The van der Waals surface area contributed by atoms with Crippen LogP contribution in [0.2, 0.25) is 0 Å². The lowest BCUT2D eigenvalue weighted by Crippen LogP contribution is -2.39. The zero-order valence-corrected chi connectivity index (χ0v) is 16.4. The van der Waals surface area contributed by atoms with Gasteiger partial charge in [-0.2, -0.15) is 0 Å². The van der Waals surface area contributed by atoms with Gasteiger partial charge in [0.1, 0.15) is 17.4 Å². The third-order valence-corrected chi connectivity index (χ3v) is 3.48. The van der Waals surface area contributed by atoms with Crippen molar-refractivity contribution in [3.63, 3.8) is 0 Å². The molecule has 0 aromatic heterocycles. The number of benzene rings is 2. The number of phenolic OH excluding ortho intramolecular Hbond substituents is 1. The fourth-order valence-corrected chi connectivity index (χ4v) is 2.23. The van der Waals surface area contributed by atoms with Crippen LogP contribution in [-0.2, 0) is 6.54 Å². The molecule has 3 N–H and O–H groups in total. The van der Waals surface area contributed by atoms with Crippen LogP contribution >= 0.6 is 24.0 Å². The fraction of sp³-hybridized carbons (Fsp3) is 0.278. The van der Waals surface area contributed by atoms with E-state index in [2.05, 4.69) is 15.6 Å². The monoisotopic (exact) mass is 461 g/mol. The van der Waals surface area contributed by atoms with Gasteiger partial charge in [-0.3, -0.25) is 0 Å². The largest absolute Gasteiger partial charge is 0.508 e. The van der Waals surface area contributed by atoms with Crippen LogP contribution in [0, 0.1) is 11.6 Å². The summed E-state index contributed by atoms with van der Waals surface area (Å²) in [7, 11) is 0. The van der Waals surface area contributed by atoms with Gasteiger partial charge in [-0.1, -0.05) is 18.2 Å². The summed E-state index contributed by atoms with van der Waals surface area (Å²) < 4.78 is 26.9. The second-order valence-electron chi connectivity index (χ2n) is 5.39. The molecule has 0 aliphatic carbocycles. The number of aromatic hydroxyl groups is 1. The van der Waals surface area contributed by atoms with E-state index < -0.39 is 11.6 Å². The van der Waals surface area contributed by atoms with Gasteiger partial charge in [0, 0.05) is 18.2 Å². The molecular weight excluding hydrogens is 439 g/mol. The maximum atomic E-state index is 13.9. The average Bonchev–Trinajstić information content (AvgIpc) is 2.54. The van der Waals surface area contributed by atoms with E-state index in [1.165, 1.54) is 12.1 Å². The number of phenols is 1. The molecule has 0 bridgehead atoms. The molecule has 4 nitrogen and oxygen atoms in total. The molecule has 0 spiro atoms. The topological polar surface area (TPSA) is 56.7 Å². The maximum Gasteiger partial charge on any atom is 0.192 e. The van der Waals surface area contributed by atoms with E-state index in [1.54, 1.807) is 31.2 Å². The van der Waals surface area contributed by atoms with Gasteiger partial charge in [0.2, 0.25) is 0 Å². The predicted molar refractivity (Wildman–Crippen MR) is 106 cm³/mol. The molecule has 136 valence electrons. The Morgan fingerprint density at radius 3 is 2.44 bits per heavy atom. The second-order valence-corrected chi connectivity index (χ2v) is 5.39. The molecule has 0 amide bonds. The van der Waals surface area contributed by atoms with Crippen LogP contribution < -0.4 is 10.6 Å². The first-order valence-corrected chi connectivity index (χ1v) is 7.77. The zero-order valence-electron chi connectivity index (χ0n) is 14.1. The molecule has 0 aliphatic heterocycles. The van der Waals surface area contributed by atoms with Gasteiger partial charge in [0.15, 0.2) is 5.96 Å². The molecule has 7 heteroatoms. The highest BCUT2D eigenvalue weighted by atomic mass is 127. The van der Waals surface area contributed by atoms with Crippen molar-refractivity contribution in [1.29, 1.82) is 0 Å². The van der Waals surface area contributed by atoms with Gasteiger partial charge in [0.25, 0.3) is 0 Å². The normalized spacial score (nSPS) is 12.2. The third-order valence-electron chi connectivity index (χ3n) is 3.48. The van der Waals surface area contributed by atoms with Gasteiger partial charge >= 0.3 is 0 Å². The van der Waals surface area contributed by atoms with Crippen LogP contribution in [0.3, 0.4) is 0 Å². The number of halogens is 3. The lowest BCUT2D eigenvalue weighted by atomic mass is 10.1. The summed E-state index contributed by atoms with van der Waals surface area (Å²) in [5.41, 5.74) is 1.30. The molecule has 0 saturated heterocycles. The molecule has 0 radical (unpaired) electrons. The number of nitrogens with one attached hydrogen (secondary N) is 2. The minimum atomic E-state index is -0.601. The van der Waals surface area contributed by atoms with E-state index >= 15 is 0 Å². The smallest absolute Gasteiger partial charge is 0.192 e. The Balaban J connectivity index is 0.00000312. The van der Waals surface area contributed by atoms with Gasteiger partial charge < -0.3 is 15.7 Å². The Morgan fingerprint density at radius 1 is 1.16 bits per heavy atom. The molecule has 0 saturated carbocycles. The molecular formula is C18H22F2IN3O.